The number of amides is 2. The number of hydrogen-bond acceptors (Lipinski definition) is 8. The van der Waals surface area contributed by atoms with Gasteiger partial charge in [0, 0.05) is 17.6 Å². The molecule has 35 heavy (non-hydrogen) atoms. The number of aryl methyl sites for hydroxylation is 1. The maximum atomic E-state index is 12.3. The van der Waals surface area contributed by atoms with E-state index in [-0.39, 0.29) is 6.03 Å². The van der Waals surface area contributed by atoms with Gasteiger partial charge in [0.2, 0.25) is 5.88 Å². The van der Waals surface area contributed by atoms with Gasteiger partial charge in [-0.25, -0.2) is 14.8 Å². The Morgan fingerprint density at radius 3 is 2.77 bits per heavy atom. The van der Waals surface area contributed by atoms with Crippen LogP contribution in [0.25, 0.3) is 10.9 Å². The summed E-state index contributed by atoms with van der Waals surface area (Å²) >= 11 is 5.74. The van der Waals surface area contributed by atoms with Crippen molar-refractivity contribution in [2.75, 3.05) is 24.9 Å². The Balaban J connectivity index is 1.49. The van der Waals surface area contributed by atoms with E-state index >= 15 is 0 Å². The Morgan fingerprint density at radius 2 is 2.06 bits per heavy atom. The fourth-order valence-electron chi connectivity index (χ4n) is 3.41. The first kappa shape index (κ1) is 24.4. The second-order valence-electron chi connectivity index (χ2n) is 7.74. The van der Waals surface area contributed by atoms with Crippen molar-refractivity contribution in [2.45, 2.75) is 26.4 Å². The number of aromatic nitrogens is 2. The van der Waals surface area contributed by atoms with Crippen molar-refractivity contribution in [1.82, 2.24) is 20.8 Å². The maximum absolute atomic E-state index is 12.3. The molecule has 2 amide bonds. The summed E-state index contributed by atoms with van der Waals surface area (Å²) in [6.45, 7) is 4.14. The van der Waals surface area contributed by atoms with E-state index in [1.807, 2.05) is 13.0 Å². The van der Waals surface area contributed by atoms with Crippen LogP contribution < -0.4 is 30.3 Å². The number of ether oxygens (including phenoxy) is 3. The minimum absolute atomic E-state index is 0.368. The first-order valence-corrected chi connectivity index (χ1v) is 11.5. The number of nitrogens with zero attached hydrogens (tertiary/aromatic N) is 2. The average molecular weight is 500 g/mol. The van der Waals surface area contributed by atoms with Gasteiger partial charge in [-0.1, -0.05) is 0 Å². The van der Waals surface area contributed by atoms with Crippen molar-refractivity contribution in [3.63, 3.8) is 0 Å². The van der Waals surface area contributed by atoms with Crippen molar-refractivity contribution < 1.29 is 23.8 Å². The van der Waals surface area contributed by atoms with E-state index in [2.05, 4.69) is 26.1 Å². The van der Waals surface area contributed by atoms with Crippen molar-refractivity contribution >= 4 is 34.2 Å². The van der Waals surface area contributed by atoms with Crippen molar-refractivity contribution in [3.8, 4) is 23.1 Å². The smallest absolute Gasteiger partial charge is 0.320 e. The van der Waals surface area contributed by atoms with Gasteiger partial charge in [0.05, 0.1) is 24.6 Å². The highest BCUT2D eigenvalue weighted by Gasteiger charge is 2.17. The van der Waals surface area contributed by atoms with Crippen LogP contribution in [0, 0.1) is 6.92 Å². The van der Waals surface area contributed by atoms with E-state index in [1.165, 1.54) is 6.33 Å². The highest BCUT2D eigenvalue weighted by atomic mass is 35.5. The quantitative estimate of drug-likeness (QED) is 0.288. The van der Waals surface area contributed by atoms with Crippen LogP contribution >= 0.6 is 11.6 Å². The molecule has 0 radical (unpaired) electrons. The van der Waals surface area contributed by atoms with Gasteiger partial charge in [0.25, 0.3) is 0 Å². The molecule has 0 bridgehead atoms. The highest BCUT2D eigenvalue weighted by Crippen LogP contribution is 2.36. The zero-order chi connectivity index (χ0) is 24.8. The third kappa shape index (κ3) is 6.03. The van der Waals surface area contributed by atoms with Gasteiger partial charge in [0.1, 0.15) is 24.0 Å². The summed E-state index contributed by atoms with van der Waals surface area (Å²) in [6.07, 6.45) is 3.51. The van der Waals surface area contributed by atoms with E-state index < -0.39 is 6.17 Å². The molecule has 10 nitrogen and oxygen atoms in total. The van der Waals surface area contributed by atoms with Crippen LogP contribution in [0.4, 0.5) is 10.5 Å². The second-order valence-corrected chi connectivity index (χ2v) is 8.12. The highest BCUT2D eigenvalue weighted by molar-refractivity contribution is 6.17. The molecule has 0 fully saturated rings. The first-order valence-electron chi connectivity index (χ1n) is 10.9. The number of hydrogen-bond donors (Lipinski definition) is 3. The number of carbonyl (C=O) groups excluding carboxylic acids is 1. The van der Waals surface area contributed by atoms with E-state index in [4.69, 9.17) is 30.6 Å². The van der Waals surface area contributed by atoms with Gasteiger partial charge < -0.3 is 29.7 Å². The van der Waals surface area contributed by atoms with Gasteiger partial charge >= 0.3 is 6.03 Å². The molecular weight excluding hydrogens is 474 g/mol. The van der Waals surface area contributed by atoms with E-state index in [9.17, 15) is 4.79 Å². The third-order valence-corrected chi connectivity index (χ3v) is 5.38. The molecule has 3 aromatic rings. The number of anilines is 1. The Morgan fingerprint density at radius 1 is 1.20 bits per heavy atom. The summed E-state index contributed by atoms with van der Waals surface area (Å²) in [4.78, 5) is 26.0. The number of allylic oxidation sites excluding steroid dienone is 1. The summed E-state index contributed by atoms with van der Waals surface area (Å²) < 4.78 is 17.3. The van der Waals surface area contributed by atoms with Crippen LogP contribution in [0.5, 0.6) is 23.1 Å². The lowest BCUT2D eigenvalue weighted by Gasteiger charge is -2.15. The lowest BCUT2D eigenvalue weighted by molar-refractivity contribution is 0.111. The monoisotopic (exact) mass is 499 g/mol. The number of rotatable bonds is 9. The number of carbonyl (C=O) groups is 1. The molecule has 0 saturated heterocycles. The standard InChI is InChI=1S/C24H26ClN5O5/c1-14-9-16(5-6-18(14)28-24(31)29-22-10-15(2)35-30-22)34-23-17-11-20(32-3)21(33-8-4-7-25)12-19(17)26-13-27-23/h5-6,9-13,22,30H,4,7-8H2,1-3H3,(H2,28,29,31). The lowest BCUT2D eigenvalue weighted by atomic mass is 10.2. The predicted molar refractivity (Wildman–Crippen MR) is 132 cm³/mol. The zero-order valence-electron chi connectivity index (χ0n) is 19.6. The Bertz CT molecular complexity index is 1250. The second kappa shape index (κ2) is 11.1. The zero-order valence-corrected chi connectivity index (χ0v) is 20.3. The Labute approximate surface area is 207 Å². The molecule has 1 aromatic heterocycles. The topological polar surface area (TPSA) is 116 Å². The SMILES string of the molecule is COc1cc2c(Oc3ccc(NC(=O)NC4C=C(C)ON4)c(C)c3)ncnc2cc1OCCCCl. The lowest BCUT2D eigenvalue weighted by Crippen LogP contribution is -2.43. The van der Waals surface area contributed by atoms with Gasteiger partial charge in [-0.3, -0.25) is 0 Å². The van der Waals surface area contributed by atoms with Crippen molar-refractivity contribution in [3.05, 3.63) is 54.1 Å². The average Bonchev–Trinajstić information content (AvgIpc) is 3.25. The Hall–Kier alpha value is -3.76. The fourth-order valence-corrected chi connectivity index (χ4v) is 3.52. The summed E-state index contributed by atoms with van der Waals surface area (Å²) in [5.41, 5.74) is 4.80. The molecule has 1 aliphatic heterocycles. The minimum atomic E-state index is -0.396. The minimum Gasteiger partial charge on any atom is -0.493 e. The molecule has 0 saturated carbocycles. The van der Waals surface area contributed by atoms with Gasteiger partial charge in [-0.2, -0.15) is 0 Å². The number of methoxy groups -OCH3 is 1. The van der Waals surface area contributed by atoms with Crippen LogP contribution in [-0.2, 0) is 4.84 Å². The fraction of sp³-hybridized carbons (Fsp3) is 0.292. The van der Waals surface area contributed by atoms with Crippen LogP contribution in [0.1, 0.15) is 18.9 Å². The summed E-state index contributed by atoms with van der Waals surface area (Å²) in [5, 5.41) is 6.24. The molecule has 184 valence electrons. The van der Waals surface area contributed by atoms with Gasteiger partial charge in [-0.05, 0) is 56.2 Å². The van der Waals surface area contributed by atoms with E-state index in [0.29, 0.717) is 58.0 Å². The van der Waals surface area contributed by atoms with Crippen molar-refractivity contribution in [2.24, 2.45) is 0 Å². The van der Waals surface area contributed by atoms with E-state index in [0.717, 1.165) is 12.0 Å². The summed E-state index contributed by atoms with van der Waals surface area (Å²) in [5.74, 6) is 3.24. The molecule has 4 rings (SSSR count). The van der Waals surface area contributed by atoms with Gasteiger partial charge in [-0.15, -0.1) is 17.1 Å². The van der Waals surface area contributed by atoms with Crippen molar-refractivity contribution in [1.29, 1.82) is 0 Å². The largest absolute Gasteiger partial charge is 0.493 e. The van der Waals surface area contributed by atoms with Crippen LogP contribution in [0.15, 0.2) is 48.5 Å². The Kier molecular flexibility index (Phi) is 7.74. The third-order valence-electron chi connectivity index (χ3n) is 5.12. The van der Waals surface area contributed by atoms with Crippen LogP contribution in [-0.4, -0.2) is 41.8 Å². The van der Waals surface area contributed by atoms with E-state index in [1.54, 1.807) is 44.4 Å². The first-order chi connectivity index (χ1) is 17.0. The summed E-state index contributed by atoms with van der Waals surface area (Å²) in [7, 11) is 1.57. The summed E-state index contributed by atoms with van der Waals surface area (Å²) in [6, 6.07) is 8.52. The number of fused-ring (bicyclic) bond motifs is 1. The molecule has 1 unspecified atom stereocenters. The number of alkyl halides is 1. The molecule has 2 heterocycles. The predicted octanol–water partition coefficient (Wildman–Crippen LogP) is 4.63. The molecule has 11 heteroatoms. The molecule has 0 aliphatic carbocycles. The van der Waals surface area contributed by atoms with Crippen LogP contribution in [0.3, 0.4) is 0 Å². The number of halogens is 1. The maximum Gasteiger partial charge on any atom is 0.320 e. The van der Waals surface area contributed by atoms with Gasteiger partial charge in [0.15, 0.2) is 11.5 Å². The molecular formula is C24H26ClN5O5. The molecule has 2 aromatic carbocycles. The molecule has 1 atom stereocenters. The number of hydroxylamine groups is 1. The number of benzene rings is 2. The number of nitrogens with one attached hydrogen (secondary N) is 3. The normalized spacial score (nSPS) is 14.7. The molecule has 0 spiro atoms. The molecule has 3 N–H and O–H groups in total. The van der Waals surface area contributed by atoms with Crippen LogP contribution in [0.2, 0.25) is 0 Å². The number of urea groups is 1. The molecule has 1 aliphatic rings.